The fourth-order valence-electron chi connectivity index (χ4n) is 2.95. The van der Waals surface area contributed by atoms with Crippen LogP contribution in [0.25, 0.3) is 0 Å². The lowest BCUT2D eigenvalue weighted by Crippen LogP contribution is -2.52. The van der Waals surface area contributed by atoms with E-state index in [0.717, 1.165) is 18.4 Å². The summed E-state index contributed by atoms with van der Waals surface area (Å²) < 4.78 is 0. The molecule has 1 fully saturated rings. The lowest BCUT2D eigenvalue weighted by molar-refractivity contribution is -0.140. The molecule has 3 atom stereocenters. The monoisotopic (exact) mass is 351 g/mol. The summed E-state index contributed by atoms with van der Waals surface area (Å²) in [5, 5.41) is 3.54. The first-order valence-electron chi connectivity index (χ1n) is 8.52. The number of hydrogen-bond donors (Lipinski definition) is 2. The Balaban J connectivity index is 1.96. The van der Waals surface area contributed by atoms with E-state index in [0.29, 0.717) is 24.5 Å². The number of nitrogens with zero attached hydrogens (tertiary/aromatic N) is 1. The van der Waals surface area contributed by atoms with Crippen LogP contribution in [0.4, 0.5) is 0 Å². The number of carbonyl (C=O) groups is 2. The zero-order valence-corrected chi connectivity index (χ0v) is 15.1. The van der Waals surface area contributed by atoms with Gasteiger partial charge in [0.1, 0.15) is 6.04 Å². The van der Waals surface area contributed by atoms with E-state index in [2.05, 4.69) is 5.32 Å². The molecular formula is C18H26ClN3O2. The Bertz CT molecular complexity index is 593. The van der Waals surface area contributed by atoms with Gasteiger partial charge in [-0.2, -0.15) is 0 Å². The van der Waals surface area contributed by atoms with E-state index in [1.807, 2.05) is 32.0 Å². The fraction of sp³-hybridized carbons (Fsp3) is 0.556. The summed E-state index contributed by atoms with van der Waals surface area (Å²) in [6.07, 6.45) is 2.35. The van der Waals surface area contributed by atoms with Crippen molar-refractivity contribution in [2.24, 2.45) is 11.7 Å². The van der Waals surface area contributed by atoms with Crippen molar-refractivity contribution in [1.29, 1.82) is 0 Å². The molecular weight excluding hydrogens is 326 g/mol. The molecule has 1 aromatic rings. The number of rotatable bonds is 6. The van der Waals surface area contributed by atoms with Crippen LogP contribution in [0.1, 0.15) is 38.7 Å². The van der Waals surface area contributed by atoms with Gasteiger partial charge in [0, 0.05) is 18.1 Å². The number of benzene rings is 1. The van der Waals surface area contributed by atoms with Crippen LogP contribution in [0.2, 0.25) is 5.02 Å². The Labute approximate surface area is 148 Å². The quantitative estimate of drug-likeness (QED) is 0.825. The maximum atomic E-state index is 12.6. The first kappa shape index (κ1) is 18.7. The van der Waals surface area contributed by atoms with Crippen molar-refractivity contribution in [3.8, 4) is 0 Å². The molecule has 0 bridgehead atoms. The Morgan fingerprint density at radius 3 is 2.88 bits per heavy atom. The number of carbonyl (C=O) groups excluding carboxylic acids is 2. The van der Waals surface area contributed by atoms with Crippen LogP contribution in [-0.2, 0) is 16.1 Å². The van der Waals surface area contributed by atoms with Gasteiger partial charge >= 0.3 is 0 Å². The molecule has 2 amide bonds. The molecule has 0 unspecified atom stereocenters. The van der Waals surface area contributed by atoms with Gasteiger partial charge < -0.3 is 16.0 Å². The van der Waals surface area contributed by atoms with Crippen molar-refractivity contribution in [2.45, 2.75) is 51.7 Å². The van der Waals surface area contributed by atoms with E-state index >= 15 is 0 Å². The van der Waals surface area contributed by atoms with Crippen LogP contribution in [0.3, 0.4) is 0 Å². The Kier molecular flexibility index (Phi) is 6.63. The largest absolute Gasteiger partial charge is 0.350 e. The van der Waals surface area contributed by atoms with Gasteiger partial charge in [-0.1, -0.05) is 44.0 Å². The Morgan fingerprint density at radius 2 is 2.21 bits per heavy atom. The van der Waals surface area contributed by atoms with Crippen LogP contribution in [0.5, 0.6) is 0 Å². The summed E-state index contributed by atoms with van der Waals surface area (Å²) in [5.74, 6) is -0.143. The molecule has 1 heterocycles. The third-order valence-corrected chi connectivity index (χ3v) is 4.97. The molecule has 1 saturated heterocycles. The number of nitrogens with one attached hydrogen (secondary N) is 1. The number of likely N-dealkylation sites (tertiary alicyclic amines) is 1. The Hall–Kier alpha value is -1.59. The molecule has 0 aliphatic carbocycles. The fourth-order valence-corrected chi connectivity index (χ4v) is 3.16. The molecule has 1 aromatic carbocycles. The molecule has 0 aromatic heterocycles. The Morgan fingerprint density at radius 1 is 1.46 bits per heavy atom. The van der Waals surface area contributed by atoms with E-state index < -0.39 is 12.1 Å². The predicted octanol–water partition coefficient (Wildman–Crippen LogP) is 2.32. The van der Waals surface area contributed by atoms with E-state index in [4.69, 9.17) is 17.3 Å². The van der Waals surface area contributed by atoms with Crippen LogP contribution < -0.4 is 11.1 Å². The second-order valence-corrected chi connectivity index (χ2v) is 6.89. The number of hydrogen-bond acceptors (Lipinski definition) is 3. The lowest BCUT2D eigenvalue weighted by atomic mass is 9.98. The molecule has 0 saturated carbocycles. The molecule has 0 radical (unpaired) electrons. The van der Waals surface area contributed by atoms with Gasteiger partial charge in [-0.25, -0.2) is 0 Å². The second kappa shape index (κ2) is 8.49. The van der Waals surface area contributed by atoms with E-state index in [1.54, 1.807) is 11.0 Å². The van der Waals surface area contributed by atoms with Gasteiger partial charge in [-0.05, 0) is 36.5 Å². The molecule has 132 valence electrons. The SMILES string of the molecule is CC[C@@H](C)[C@@H](N)C(=O)N1CCC[C@H]1C(=O)NCc1cccc(Cl)c1. The highest BCUT2D eigenvalue weighted by Crippen LogP contribution is 2.20. The van der Waals surface area contributed by atoms with Gasteiger partial charge in [0.25, 0.3) is 0 Å². The normalized spacial score (nSPS) is 19.8. The highest BCUT2D eigenvalue weighted by molar-refractivity contribution is 6.30. The van der Waals surface area contributed by atoms with E-state index in [1.165, 1.54) is 0 Å². The van der Waals surface area contributed by atoms with Crippen molar-refractivity contribution in [3.05, 3.63) is 34.9 Å². The lowest BCUT2D eigenvalue weighted by Gasteiger charge is -2.28. The number of amides is 2. The summed E-state index contributed by atoms with van der Waals surface area (Å²) in [4.78, 5) is 26.7. The highest BCUT2D eigenvalue weighted by atomic mass is 35.5. The van der Waals surface area contributed by atoms with Gasteiger partial charge in [0.2, 0.25) is 11.8 Å². The third kappa shape index (κ3) is 4.48. The number of halogens is 1. The zero-order valence-electron chi connectivity index (χ0n) is 14.3. The van der Waals surface area contributed by atoms with Crippen molar-refractivity contribution in [2.75, 3.05) is 6.54 Å². The molecule has 5 nitrogen and oxygen atoms in total. The van der Waals surface area contributed by atoms with E-state index in [-0.39, 0.29) is 17.7 Å². The van der Waals surface area contributed by atoms with Gasteiger partial charge in [0.05, 0.1) is 6.04 Å². The first-order valence-corrected chi connectivity index (χ1v) is 8.90. The van der Waals surface area contributed by atoms with Crippen molar-refractivity contribution in [3.63, 3.8) is 0 Å². The minimum Gasteiger partial charge on any atom is -0.350 e. The molecule has 24 heavy (non-hydrogen) atoms. The molecule has 1 aliphatic heterocycles. The maximum absolute atomic E-state index is 12.6. The molecule has 3 N–H and O–H groups in total. The third-order valence-electron chi connectivity index (χ3n) is 4.74. The summed E-state index contributed by atoms with van der Waals surface area (Å²) in [5.41, 5.74) is 6.99. The topological polar surface area (TPSA) is 75.4 Å². The van der Waals surface area contributed by atoms with Crippen molar-refractivity contribution < 1.29 is 9.59 Å². The predicted molar refractivity (Wildman–Crippen MR) is 95.5 cm³/mol. The first-order chi connectivity index (χ1) is 11.4. The summed E-state index contributed by atoms with van der Waals surface area (Å²) in [7, 11) is 0. The van der Waals surface area contributed by atoms with E-state index in [9.17, 15) is 9.59 Å². The van der Waals surface area contributed by atoms with Crippen LogP contribution in [0.15, 0.2) is 24.3 Å². The van der Waals surface area contributed by atoms with Gasteiger partial charge in [-0.3, -0.25) is 9.59 Å². The zero-order chi connectivity index (χ0) is 17.7. The maximum Gasteiger partial charge on any atom is 0.243 e. The average molecular weight is 352 g/mol. The van der Waals surface area contributed by atoms with Crippen LogP contribution >= 0.6 is 11.6 Å². The second-order valence-electron chi connectivity index (χ2n) is 6.45. The minimum absolute atomic E-state index is 0.105. The molecule has 2 rings (SSSR count). The van der Waals surface area contributed by atoms with Crippen molar-refractivity contribution in [1.82, 2.24) is 10.2 Å². The van der Waals surface area contributed by atoms with Gasteiger partial charge in [-0.15, -0.1) is 0 Å². The van der Waals surface area contributed by atoms with Gasteiger partial charge in [0.15, 0.2) is 0 Å². The van der Waals surface area contributed by atoms with Crippen LogP contribution in [0, 0.1) is 5.92 Å². The number of nitrogens with two attached hydrogens (primary N) is 1. The summed E-state index contributed by atoms with van der Waals surface area (Å²) in [6, 6.07) is 6.39. The average Bonchev–Trinajstić information content (AvgIpc) is 3.07. The smallest absolute Gasteiger partial charge is 0.243 e. The molecule has 1 aliphatic rings. The molecule has 0 spiro atoms. The standard InChI is InChI=1S/C18H26ClN3O2/c1-3-12(2)16(20)18(24)22-9-5-8-15(22)17(23)21-11-13-6-4-7-14(19)10-13/h4,6-7,10,12,15-16H,3,5,8-9,11,20H2,1-2H3,(H,21,23)/t12-,15+,16-/m1/s1. The minimum atomic E-state index is -0.545. The summed E-state index contributed by atoms with van der Waals surface area (Å²) >= 11 is 5.95. The van der Waals surface area contributed by atoms with Crippen LogP contribution in [-0.4, -0.2) is 35.3 Å². The molecule has 6 heteroatoms. The highest BCUT2D eigenvalue weighted by Gasteiger charge is 2.37. The van der Waals surface area contributed by atoms with Crippen molar-refractivity contribution >= 4 is 23.4 Å². The summed E-state index contributed by atoms with van der Waals surface area (Å²) in [6.45, 7) is 4.97.